The van der Waals surface area contributed by atoms with E-state index in [1.165, 1.54) is 16.0 Å². The molecule has 0 spiro atoms. The number of hydrogen-bond donors (Lipinski definition) is 0. The molecule has 0 unspecified atom stereocenters. The molecule has 0 aromatic heterocycles. The van der Waals surface area contributed by atoms with E-state index < -0.39 is 0 Å². The molecule has 3 aliphatic carbocycles. The maximum Gasteiger partial charge on any atom is 0.242 e. The van der Waals surface area contributed by atoms with Gasteiger partial charge in [-0.25, -0.2) is 0 Å². The minimum atomic E-state index is -0.235. The molecule has 4 aliphatic rings. The summed E-state index contributed by atoms with van der Waals surface area (Å²) < 4.78 is 0. The van der Waals surface area contributed by atoms with Gasteiger partial charge in [0.05, 0.1) is 17.9 Å². The molecule has 5 heteroatoms. The minimum Gasteiger partial charge on any atom is -0.337 e. The van der Waals surface area contributed by atoms with Crippen LogP contribution in [0.25, 0.3) is 0 Å². The van der Waals surface area contributed by atoms with Gasteiger partial charge in [-0.3, -0.25) is 19.3 Å². The van der Waals surface area contributed by atoms with Gasteiger partial charge in [-0.1, -0.05) is 36.4 Å². The first kappa shape index (κ1) is 16.7. The standard InChI is InChI=1S/C22H24N2O3/c1-23(17-8-4-6-13-5-2-3-7-16(13)17)18(25)12-24-21(26)19-14-9-10-15(11-14)20(19)22(24)27/h2-3,5,7,9-10,14-15,17,19-20H,4,6,8,11-12H2,1H3/t14-,15-,17+,19+,20+/m0/s1. The van der Waals surface area contributed by atoms with Gasteiger partial charge in [0, 0.05) is 7.05 Å². The Morgan fingerprint density at radius 2 is 1.78 bits per heavy atom. The van der Waals surface area contributed by atoms with Crippen molar-refractivity contribution >= 4 is 17.7 Å². The van der Waals surface area contributed by atoms with E-state index in [-0.39, 0.29) is 54.0 Å². The summed E-state index contributed by atoms with van der Waals surface area (Å²) in [6.45, 7) is -0.126. The maximum absolute atomic E-state index is 13.0. The van der Waals surface area contributed by atoms with E-state index in [4.69, 9.17) is 0 Å². The smallest absolute Gasteiger partial charge is 0.242 e. The van der Waals surface area contributed by atoms with E-state index in [0.717, 1.165) is 25.7 Å². The molecule has 2 bridgehead atoms. The van der Waals surface area contributed by atoms with Crippen LogP contribution in [0, 0.1) is 23.7 Å². The van der Waals surface area contributed by atoms with Gasteiger partial charge in [-0.05, 0) is 48.6 Å². The minimum absolute atomic E-state index is 0.0209. The Labute approximate surface area is 159 Å². The number of nitrogens with zero attached hydrogens (tertiary/aromatic N) is 2. The van der Waals surface area contributed by atoms with Gasteiger partial charge in [-0.15, -0.1) is 0 Å². The third-order valence-electron chi connectivity index (χ3n) is 7.05. The zero-order chi connectivity index (χ0) is 18.7. The van der Waals surface area contributed by atoms with Crippen molar-refractivity contribution in [3.63, 3.8) is 0 Å². The SMILES string of the molecule is CN(C(=O)CN1C(=O)[C@H]2[C@H](C1=O)[C@H]1C=C[C@H]2C1)[C@@H]1CCCc2ccccc21. The number of likely N-dealkylation sites (tertiary alicyclic amines) is 1. The lowest BCUT2D eigenvalue weighted by Gasteiger charge is -2.34. The number of rotatable bonds is 3. The predicted octanol–water partition coefficient (Wildman–Crippen LogP) is 2.33. The molecule has 0 radical (unpaired) electrons. The maximum atomic E-state index is 13.0. The van der Waals surface area contributed by atoms with Crippen molar-refractivity contribution in [1.29, 1.82) is 0 Å². The molecular formula is C22H24N2O3. The summed E-state index contributed by atoms with van der Waals surface area (Å²) in [5.41, 5.74) is 2.48. The van der Waals surface area contributed by atoms with Crippen molar-refractivity contribution in [2.45, 2.75) is 31.7 Å². The zero-order valence-corrected chi connectivity index (χ0v) is 15.5. The second kappa shape index (κ2) is 6.04. The van der Waals surface area contributed by atoms with Gasteiger partial charge >= 0.3 is 0 Å². The van der Waals surface area contributed by atoms with Crippen molar-refractivity contribution in [1.82, 2.24) is 9.80 Å². The van der Waals surface area contributed by atoms with Crippen molar-refractivity contribution in [2.75, 3.05) is 13.6 Å². The molecule has 27 heavy (non-hydrogen) atoms. The molecular weight excluding hydrogens is 340 g/mol. The van der Waals surface area contributed by atoms with Gasteiger partial charge in [0.2, 0.25) is 17.7 Å². The van der Waals surface area contributed by atoms with Crippen LogP contribution < -0.4 is 0 Å². The van der Waals surface area contributed by atoms with E-state index in [1.807, 2.05) is 12.1 Å². The summed E-state index contributed by atoms with van der Waals surface area (Å²) in [5.74, 6) is -0.556. The lowest BCUT2D eigenvalue weighted by Crippen LogP contribution is -2.44. The number of allylic oxidation sites excluding steroid dienone is 2. The average molecular weight is 364 g/mol. The number of benzene rings is 1. The van der Waals surface area contributed by atoms with Crippen LogP contribution in [-0.4, -0.2) is 41.1 Å². The van der Waals surface area contributed by atoms with Gasteiger partial charge in [0.25, 0.3) is 0 Å². The van der Waals surface area contributed by atoms with Crippen molar-refractivity contribution in [2.24, 2.45) is 23.7 Å². The second-order valence-corrected chi connectivity index (χ2v) is 8.37. The molecule has 5 rings (SSSR count). The van der Waals surface area contributed by atoms with Crippen LogP contribution in [0.15, 0.2) is 36.4 Å². The van der Waals surface area contributed by atoms with E-state index in [1.54, 1.807) is 11.9 Å². The molecule has 5 atom stereocenters. The number of imide groups is 1. The Balaban J connectivity index is 1.33. The Morgan fingerprint density at radius 1 is 1.11 bits per heavy atom. The average Bonchev–Trinajstić information content (AvgIpc) is 3.37. The fraction of sp³-hybridized carbons (Fsp3) is 0.500. The first-order chi connectivity index (χ1) is 13.1. The molecule has 140 valence electrons. The number of aryl methyl sites for hydroxylation is 1. The topological polar surface area (TPSA) is 57.7 Å². The highest BCUT2D eigenvalue weighted by Crippen LogP contribution is 2.52. The number of fused-ring (bicyclic) bond motifs is 6. The molecule has 1 aliphatic heterocycles. The molecule has 0 N–H and O–H groups in total. The first-order valence-electron chi connectivity index (χ1n) is 9.93. The third kappa shape index (κ3) is 2.40. The Hall–Kier alpha value is -2.43. The Bertz CT molecular complexity index is 831. The first-order valence-corrected chi connectivity index (χ1v) is 9.93. The highest BCUT2D eigenvalue weighted by Gasteiger charge is 2.59. The normalized spacial score (nSPS) is 33.4. The molecule has 1 saturated heterocycles. The number of carbonyl (C=O) groups excluding carboxylic acids is 3. The van der Waals surface area contributed by atoms with Gasteiger partial charge < -0.3 is 4.90 Å². The van der Waals surface area contributed by atoms with E-state index in [2.05, 4.69) is 24.3 Å². The fourth-order valence-corrected chi connectivity index (χ4v) is 5.67. The predicted molar refractivity (Wildman–Crippen MR) is 99.3 cm³/mol. The Kier molecular flexibility index (Phi) is 3.74. The fourth-order valence-electron chi connectivity index (χ4n) is 5.67. The van der Waals surface area contributed by atoms with Gasteiger partial charge in [-0.2, -0.15) is 0 Å². The monoisotopic (exact) mass is 364 g/mol. The molecule has 1 aromatic rings. The summed E-state index contributed by atoms with van der Waals surface area (Å²) in [6.07, 6.45) is 8.06. The van der Waals surface area contributed by atoms with Crippen molar-refractivity contribution in [3.05, 3.63) is 47.5 Å². The second-order valence-electron chi connectivity index (χ2n) is 8.37. The Morgan fingerprint density at radius 3 is 2.48 bits per heavy atom. The number of hydrogen-bond acceptors (Lipinski definition) is 3. The van der Waals surface area contributed by atoms with Crippen molar-refractivity contribution < 1.29 is 14.4 Å². The van der Waals surface area contributed by atoms with Crippen LogP contribution >= 0.6 is 0 Å². The summed E-state index contributed by atoms with van der Waals surface area (Å²) >= 11 is 0. The number of amides is 3. The number of carbonyl (C=O) groups is 3. The summed E-state index contributed by atoms with van der Waals surface area (Å²) in [5, 5.41) is 0. The summed E-state index contributed by atoms with van der Waals surface area (Å²) in [6, 6.07) is 8.27. The highest BCUT2D eigenvalue weighted by atomic mass is 16.2. The lowest BCUT2D eigenvalue weighted by atomic mass is 9.85. The van der Waals surface area contributed by atoms with Crippen LogP contribution in [0.2, 0.25) is 0 Å². The quantitative estimate of drug-likeness (QED) is 0.611. The molecule has 2 fully saturated rings. The van der Waals surface area contributed by atoms with Crippen LogP contribution in [0.1, 0.15) is 36.4 Å². The molecule has 1 heterocycles. The van der Waals surface area contributed by atoms with Crippen LogP contribution in [0.4, 0.5) is 0 Å². The van der Waals surface area contributed by atoms with Crippen LogP contribution in [0.5, 0.6) is 0 Å². The summed E-state index contributed by atoms with van der Waals surface area (Å²) in [7, 11) is 1.80. The van der Waals surface area contributed by atoms with Gasteiger partial charge in [0.15, 0.2) is 0 Å². The van der Waals surface area contributed by atoms with E-state index in [9.17, 15) is 14.4 Å². The molecule has 1 aromatic carbocycles. The third-order valence-corrected chi connectivity index (χ3v) is 7.05. The van der Waals surface area contributed by atoms with Gasteiger partial charge in [0.1, 0.15) is 6.54 Å². The van der Waals surface area contributed by atoms with E-state index >= 15 is 0 Å². The van der Waals surface area contributed by atoms with Crippen LogP contribution in [0.3, 0.4) is 0 Å². The van der Waals surface area contributed by atoms with E-state index in [0.29, 0.717) is 0 Å². The lowest BCUT2D eigenvalue weighted by molar-refractivity contribution is -0.147. The molecule has 3 amide bonds. The molecule has 1 saturated carbocycles. The van der Waals surface area contributed by atoms with Crippen LogP contribution in [-0.2, 0) is 20.8 Å². The largest absolute Gasteiger partial charge is 0.337 e. The molecule has 5 nitrogen and oxygen atoms in total. The highest BCUT2D eigenvalue weighted by molar-refractivity contribution is 6.08. The number of likely N-dealkylation sites (N-methyl/N-ethyl adjacent to an activating group) is 1. The zero-order valence-electron chi connectivity index (χ0n) is 15.5. The summed E-state index contributed by atoms with van der Waals surface area (Å²) in [4.78, 5) is 41.6. The van der Waals surface area contributed by atoms with Crippen molar-refractivity contribution in [3.8, 4) is 0 Å².